The molecule has 1 amide bonds. The van der Waals surface area contributed by atoms with Gasteiger partial charge in [-0.2, -0.15) is 0 Å². The number of nitro groups is 1. The van der Waals surface area contributed by atoms with E-state index in [4.69, 9.17) is 9.47 Å². The average molecular weight is 487 g/mol. The summed E-state index contributed by atoms with van der Waals surface area (Å²) in [6, 6.07) is 5.45. The van der Waals surface area contributed by atoms with Gasteiger partial charge < -0.3 is 19.3 Å². The molecule has 0 aliphatic carbocycles. The first-order valence-corrected chi connectivity index (χ1v) is 11.9. The molecule has 180 valence electrons. The van der Waals surface area contributed by atoms with Crippen LogP contribution in [-0.2, 0) is 19.1 Å². The molecule has 1 aromatic carbocycles. The quantitative estimate of drug-likeness (QED) is 0.342. The first kappa shape index (κ1) is 24.0. The van der Waals surface area contributed by atoms with Gasteiger partial charge in [-0.3, -0.25) is 14.9 Å². The molecule has 0 N–H and O–H groups in total. The number of allylic oxidation sites excluding steroid dienone is 1. The lowest BCUT2D eigenvalue weighted by molar-refractivity contribution is -0.384. The number of fused-ring (bicyclic) bond motifs is 1. The van der Waals surface area contributed by atoms with Crippen LogP contribution in [0.4, 0.5) is 5.69 Å². The summed E-state index contributed by atoms with van der Waals surface area (Å²) in [6.45, 7) is 7.38. The smallest absolute Gasteiger partial charge is 0.338 e. The first-order chi connectivity index (χ1) is 16.3. The van der Waals surface area contributed by atoms with Gasteiger partial charge in [0, 0.05) is 30.9 Å². The number of morpholine rings is 1. The molecule has 11 heteroatoms. The number of nitrogens with zero attached hydrogens (tertiary/aromatic N) is 4. The van der Waals surface area contributed by atoms with Crippen molar-refractivity contribution in [3.8, 4) is 0 Å². The number of nitro benzene ring substituents is 1. The Morgan fingerprint density at radius 1 is 1.26 bits per heavy atom. The molecule has 34 heavy (non-hydrogen) atoms. The molecule has 1 saturated heterocycles. The molecule has 1 fully saturated rings. The summed E-state index contributed by atoms with van der Waals surface area (Å²) in [5, 5.41) is 13.7. The van der Waals surface area contributed by atoms with Crippen LogP contribution in [0.15, 0.2) is 51.6 Å². The second kappa shape index (κ2) is 9.98. The van der Waals surface area contributed by atoms with Gasteiger partial charge >= 0.3 is 5.97 Å². The Morgan fingerprint density at radius 3 is 2.56 bits per heavy atom. The van der Waals surface area contributed by atoms with E-state index in [0.717, 1.165) is 0 Å². The maximum atomic E-state index is 13.1. The minimum absolute atomic E-state index is 0.0311. The van der Waals surface area contributed by atoms with Gasteiger partial charge in [0.15, 0.2) is 5.17 Å². The first-order valence-electron chi connectivity index (χ1n) is 11.0. The van der Waals surface area contributed by atoms with Crippen molar-refractivity contribution in [1.82, 2.24) is 9.80 Å². The number of ether oxygens (including phenoxy) is 2. The Labute approximate surface area is 201 Å². The Bertz CT molecular complexity index is 1090. The molecule has 1 unspecified atom stereocenters. The third-order valence-corrected chi connectivity index (χ3v) is 6.57. The molecule has 0 spiro atoms. The van der Waals surface area contributed by atoms with E-state index in [1.807, 2.05) is 10.3 Å². The second-order valence-electron chi connectivity index (χ2n) is 8.37. The van der Waals surface area contributed by atoms with Crippen molar-refractivity contribution in [2.45, 2.75) is 39.3 Å². The number of non-ortho nitro benzene ring substituents is 1. The number of thioether (sulfide) groups is 1. The van der Waals surface area contributed by atoms with Crippen molar-refractivity contribution in [1.29, 1.82) is 0 Å². The highest BCUT2D eigenvalue weighted by molar-refractivity contribution is 8.16. The van der Waals surface area contributed by atoms with Crippen LogP contribution >= 0.6 is 11.8 Å². The van der Waals surface area contributed by atoms with Gasteiger partial charge in [-0.1, -0.05) is 11.8 Å². The Hall–Kier alpha value is -3.18. The summed E-state index contributed by atoms with van der Waals surface area (Å²) in [5.74, 6) is -0.536. The minimum Gasteiger partial charge on any atom is -0.459 e. The van der Waals surface area contributed by atoms with E-state index < -0.39 is 16.9 Å². The van der Waals surface area contributed by atoms with Crippen LogP contribution in [0.1, 0.15) is 38.8 Å². The fraction of sp³-hybridized carbons (Fsp3) is 0.435. The van der Waals surface area contributed by atoms with Crippen LogP contribution in [0.25, 0.3) is 0 Å². The summed E-state index contributed by atoms with van der Waals surface area (Å²) in [6.07, 6.45) is -0.192. The topological polar surface area (TPSA) is 115 Å². The van der Waals surface area contributed by atoms with Crippen LogP contribution < -0.4 is 0 Å². The molecule has 3 heterocycles. The molecule has 3 aliphatic rings. The lowest BCUT2D eigenvalue weighted by atomic mass is 9.93. The zero-order chi connectivity index (χ0) is 24.4. The maximum Gasteiger partial charge on any atom is 0.338 e. The number of esters is 1. The monoisotopic (exact) mass is 486 g/mol. The minimum atomic E-state index is -0.627. The van der Waals surface area contributed by atoms with Crippen molar-refractivity contribution < 1.29 is 24.0 Å². The van der Waals surface area contributed by atoms with E-state index in [0.29, 0.717) is 54.0 Å². The summed E-state index contributed by atoms with van der Waals surface area (Å²) in [4.78, 5) is 45.1. The highest BCUT2D eigenvalue weighted by Crippen LogP contribution is 2.45. The molecule has 10 nitrogen and oxygen atoms in total. The number of aliphatic imine (C=N–C) groups is 1. The van der Waals surface area contributed by atoms with Gasteiger partial charge in [-0.15, -0.1) is 0 Å². The zero-order valence-electron chi connectivity index (χ0n) is 19.2. The molecule has 3 aliphatic heterocycles. The van der Waals surface area contributed by atoms with E-state index in [1.165, 1.54) is 23.9 Å². The molecular weight excluding hydrogens is 460 g/mol. The fourth-order valence-corrected chi connectivity index (χ4v) is 5.05. The highest BCUT2D eigenvalue weighted by Gasteiger charge is 2.41. The third-order valence-electron chi connectivity index (χ3n) is 5.68. The van der Waals surface area contributed by atoms with Crippen LogP contribution in [0.5, 0.6) is 0 Å². The fourth-order valence-electron chi connectivity index (χ4n) is 4.08. The third kappa shape index (κ3) is 4.85. The van der Waals surface area contributed by atoms with Gasteiger partial charge in [0.1, 0.15) is 0 Å². The summed E-state index contributed by atoms with van der Waals surface area (Å²) >= 11 is 1.38. The zero-order valence-corrected chi connectivity index (χ0v) is 20.0. The number of amidine groups is 1. The molecule has 1 aromatic rings. The molecule has 0 saturated carbocycles. The van der Waals surface area contributed by atoms with Crippen molar-refractivity contribution in [2.24, 2.45) is 4.99 Å². The van der Waals surface area contributed by atoms with Crippen LogP contribution in [0.2, 0.25) is 0 Å². The Balaban J connectivity index is 1.70. The number of hydrogen-bond donors (Lipinski definition) is 0. The highest BCUT2D eigenvalue weighted by atomic mass is 32.2. The maximum absolute atomic E-state index is 13.1. The van der Waals surface area contributed by atoms with Crippen molar-refractivity contribution in [3.05, 3.63) is 62.3 Å². The van der Waals surface area contributed by atoms with E-state index in [-0.39, 0.29) is 24.1 Å². The number of carbonyl (C=O) groups is 2. The molecule has 0 radical (unpaired) electrons. The number of rotatable bonds is 6. The van der Waals surface area contributed by atoms with Gasteiger partial charge in [0.25, 0.3) is 5.69 Å². The molecule has 0 aromatic heterocycles. The van der Waals surface area contributed by atoms with E-state index in [2.05, 4.69) is 4.99 Å². The largest absolute Gasteiger partial charge is 0.459 e. The van der Waals surface area contributed by atoms with Crippen LogP contribution in [0.3, 0.4) is 0 Å². The van der Waals surface area contributed by atoms with E-state index in [9.17, 15) is 19.7 Å². The lowest BCUT2D eigenvalue weighted by Gasteiger charge is -2.37. The average Bonchev–Trinajstić information content (AvgIpc) is 3.20. The van der Waals surface area contributed by atoms with Crippen molar-refractivity contribution in [3.63, 3.8) is 0 Å². The standard InChI is InChI=1S/C23H26N4O6S/c1-14(2)33-22(29)20-15(3)24-23-26(21(20)16-4-6-17(7-5-16)27(30)31)18(13-34-23)12-19(28)25-8-10-32-11-9-25/h4-7,13-14,21H,8-12H2,1-3H3. The normalized spacial score (nSPS) is 20.2. The number of carbonyl (C=O) groups excluding carboxylic acids is 2. The molecule has 4 rings (SSSR count). The van der Waals surface area contributed by atoms with Gasteiger partial charge in [0.05, 0.1) is 48.0 Å². The number of amides is 1. The van der Waals surface area contributed by atoms with Crippen LogP contribution in [-0.4, -0.2) is 64.2 Å². The van der Waals surface area contributed by atoms with E-state index in [1.54, 1.807) is 37.8 Å². The van der Waals surface area contributed by atoms with Crippen molar-refractivity contribution >= 4 is 34.5 Å². The molecule has 0 bridgehead atoms. The predicted molar refractivity (Wildman–Crippen MR) is 127 cm³/mol. The van der Waals surface area contributed by atoms with Gasteiger partial charge in [0.2, 0.25) is 5.91 Å². The van der Waals surface area contributed by atoms with Gasteiger partial charge in [-0.25, -0.2) is 9.79 Å². The summed E-state index contributed by atoms with van der Waals surface area (Å²) < 4.78 is 10.9. The van der Waals surface area contributed by atoms with Crippen LogP contribution in [0, 0.1) is 10.1 Å². The summed E-state index contributed by atoms with van der Waals surface area (Å²) in [7, 11) is 0. The summed E-state index contributed by atoms with van der Waals surface area (Å²) in [5.41, 5.74) is 2.20. The number of hydrogen-bond acceptors (Lipinski definition) is 9. The second-order valence-corrected chi connectivity index (χ2v) is 9.20. The Morgan fingerprint density at radius 2 is 1.94 bits per heavy atom. The number of benzene rings is 1. The Kier molecular flexibility index (Phi) is 7.03. The van der Waals surface area contributed by atoms with E-state index >= 15 is 0 Å². The lowest BCUT2D eigenvalue weighted by Crippen LogP contribution is -2.42. The SMILES string of the molecule is CC1=C(C(=O)OC(C)C)C(c2ccc([N+](=O)[O-])cc2)N2C(CC(=O)N3CCOCC3)=CSC2=N1. The molecule has 1 atom stereocenters. The molecular formula is C23H26N4O6S. The predicted octanol–water partition coefficient (Wildman–Crippen LogP) is 3.37. The van der Waals surface area contributed by atoms with Crippen molar-refractivity contribution in [2.75, 3.05) is 26.3 Å². The van der Waals surface area contributed by atoms with Gasteiger partial charge in [-0.05, 0) is 43.9 Å².